The molecule has 0 saturated heterocycles. The topological polar surface area (TPSA) is 59.6 Å². The Kier molecular flexibility index (Phi) is 7.30. The molecule has 140 valence electrons. The molecular weight excluding hydrogens is 352 g/mol. The zero-order valence-electron chi connectivity index (χ0n) is 15.1. The van der Waals surface area contributed by atoms with Gasteiger partial charge < -0.3 is 20.1 Å². The number of carbonyl (C=O) groups excluding carboxylic acids is 1. The van der Waals surface area contributed by atoms with Crippen molar-refractivity contribution in [1.29, 1.82) is 0 Å². The standard InChI is InChI=1S/C20H24N2O3.ClH/c1-24-18-8-7-14(11-19(18)25-2)9-10-21-20(23)17-12-15-5-3-4-6-16(15)13-22-17;/h3-8,11,17,22H,9-10,12-13H2,1-2H3,(H,21,23);1H. The predicted molar refractivity (Wildman–Crippen MR) is 104 cm³/mol. The van der Waals surface area contributed by atoms with E-state index in [0.717, 1.165) is 24.9 Å². The van der Waals surface area contributed by atoms with E-state index in [1.807, 2.05) is 30.3 Å². The van der Waals surface area contributed by atoms with E-state index in [4.69, 9.17) is 9.47 Å². The molecule has 0 radical (unpaired) electrons. The first kappa shape index (κ1) is 20.1. The molecule has 1 aliphatic heterocycles. The Balaban J connectivity index is 0.00000243. The minimum Gasteiger partial charge on any atom is -0.493 e. The molecule has 0 fully saturated rings. The number of benzene rings is 2. The van der Waals surface area contributed by atoms with Crippen molar-refractivity contribution in [3.8, 4) is 11.5 Å². The summed E-state index contributed by atoms with van der Waals surface area (Å²) < 4.78 is 10.5. The summed E-state index contributed by atoms with van der Waals surface area (Å²) in [5, 5.41) is 6.33. The summed E-state index contributed by atoms with van der Waals surface area (Å²) in [6, 6.07) is 13.9. The highest BCUT2D eigenvalue weighted by Gasteiger charge is 2.23. The van der Waals surface area contributed by atoms with E-state index in [2.05, 4.69) is 22.8 Å². The maximum absolute atomic E-state index is 12.4. The number of hydrogen-bond acceptors (Lipinski definition) is 4. The van der Waals surface area contributed by atoms with Crippen LogP contribution in [0.1, 0.15) is 16.7 Å². The molecule has 3 rings (SSSR count). The van der Waals surface area contributed by atoms with E-state index in [1.165, 1.54) is 11.1 Å². The number of nitrogens with one attached hydrogen (secondary N) is 2. The van der Waals surface area contributed by atoms with E-state index >= 15 is 0 Å². The second-order valence-corrected chi connectivity index (χ2v) is 6.14. The van der Waals surface area contributed by atoms with Crippen molar-refractivity contribution < 1.29 is 14.3 Å². The quantitative estimate of drug-likeness (QED) is 0.813. The lowest BCUT2D eigenvalue weighted by Crippen LogP contribution is -2.48. The van der Waals surface area contributed by atoms with E-state index in [0.29, 0.717) is 18.0 Å². The number of ether oxygens (including phenoxy) is 2. The molecule has 0 aliphatic carbocycles. The van der Waals surface area contributed by atoms with Crippen LogP contribution in [0, 0.1) is 0 Å². The van der Waals surface area contributed by atoms with Gasteiger partial charge in [0, 0.05) is 13.1 Å². The number of halogens is 1. The van der Waals surface area contributed by atoms with Crippen LogP contribution in [0.3, 0.4) is 0 Å². The van der Waals surface area contributed by atoms with Gasteiger partial charge >= 0.3 is 0 Å². The number of rotatable bonds is 6. The van der Waals surface area contributed by atoms with Gasteiger partial charge in [-0.3, -0.25) is 4.79 Å². The van der Waals surface area contributed by atoms with Crippen LogP contribution in [-0.2, 0) is 24.2 Å². The summed E-state index contributed by atoms with van der Waals surface area (Å²) in [5.74, 6) is 1.47. The molecule has 0 aromatic heterocycles. The minimum absolute atomic E-state index is 0. The Morgan fingerprint density at radius 2 is 1.85 bits per heavy atom. The Morgan fingerprint density at radius 3 is 2.58 bits per heavy atom. The lowest BCUT2D eigenvalue weighted by atomic mass is 9.95. The molecule has 26 heavy (non-hydrogen) atoms. The van der Waals surface area contributed by atoms with Crippen LogP contribution in [0.25, 0.3) is 0 Å². The van der Waals surface area contributed by atoms with Crippen molar-refractivity contribution in [2.75, 3.05) is 20.8 Å². The predicted octanol–water partition coefficient (Wildman–Crippen LogP) is 2.50. The molecule has 0 bridgehead atoms. The number of amides is 1. The molecule has 1 aliphatic rings. The molecule has 1 unspecified atom stereocenters. The zero-order valence-corrected chi connectivity index (χ0v) is 15.9. The Bertz CT molecular complexity index is 752. The smallest absolute Gasteiger partial charge is 0.237 e. The van der Waals surface area contributed by atoms with Crippen molar-refractivity contribution >= 4 is 18.3 Å². The fourth-order valence-electron chi connectivity index (χ4n) is 3.13. The first-order valence-corrected chi connectivity index (χ1v) is 8.50. The van der Waals surface area contributed by atoms with Crippen LogP contribution < -0.4 is 20.1 Å². The highest BCUT2D eigenvalue weighted by molar-refractivity contribution is 5.85. The van der Waals surface area contributed by atoms with Gasteiger partial charge in [-0.05, 0) is 41.7 Å². The number of fused-ring (bicyclic) bond motifs is 1. The molecule has 2 aromatic carbocycles. The Hall–Kier alpha value is -2.24. The van der Waals surface area contributed by atoms with E-state index < -0.39 is 0 Å². The van der Waals surface area contributed by atoms with Gasteiger partial charge in [0.25, 0.3) is 0 Å². The van der Waals surface area contributed by atoms with Crippen molar-refractivity contribution in [2.45, 2.75) is 25.4 Å². The zero-order chi connectivity index (χ0) is 17.6. The van der Waals surface area contributed by atoms with Crippen LogP contribution in [0.4, 0.5) is 0 Å². The van der Waals surface area contributed by atoms with Crippen LogP contribution in [-0.4, -0.2) is 32.7 Å². The average Bonchev–Trinajstić information content (AvgIpc) is 2.67. The van der Waals surface area contributed by atoms with Gasteiger partial charge in [0.15, 0.2) is 11.5 Å². The molecule has 2 N–H and O–H groups in total. The molecule has 1 heterocycles. The van der Waals surface area contributed by atoms with E-state index in [1.54, 1.807) is 14.2 Å². The molecule has 1 amide bonds. The lowest BCUT2D eigenvalue weighted by molar-refractivity contribution is -0.123. The fourth-order valence-corrected chi connectivity index (χ4v) is 3.13. The second-order valence-electron chi connectivity index (χ2n) is 6.14. The number of carbonyl (C=O) groups is 1. The van der Waals surface area contributed by atoms with E-state index in [9.17, 15) is 4.79 Å². The minimum atomic E-state index is -0.166. The normalized spacial score (nSPS) is 15.4. The van der Waals surface area contributed by atoms with Gasteiger partial charge in [0.2, 0.25) is 5.91 Å². The van der Waals surface area contributed by atoms with Gasteiger partial charge in [0.05, 0.1) is 20.3 Å². The molecule has 5 nitrogen and oxygen atoms in total. The monoisotopic (exact) mass is 376 g/mol. The van der Waals surface area contributed by atoms with Crippen LogP contribution in [0.15, 0.2) is 42.5 Å². The van der Waals surface area contributed by atoms with Gasteiger partial charge in [-0.2, -0.15) is 0 Å². The average molecular weight is 377 g/mol. The van der Waals surface area contributed by atoms with Crippen molar-refractivity contribution in [1.82, 2.24) is 10.6 Å². The summed E-state index contributed by atoms with van der Waals surface area (Å²) in [5.41, 5.74) is 3.62. The highest BCUT2D eigenvalue weighted by atomic mass is 35.5. The van der Waals surface area contributed by atoms with E-state index in [-0.39, 0.29) is 24.4 Å². The third-order valence-corrected chi connectivity index (χ3v) is 4.56. The van der Waals surface area contributed by atoms with Crippen LogP contribution >= 0.6 is 12.4 Å². The molecule has 0 spiro atoms. The summed E-state index contributed by atoms with van der Waals surface area (Å²) >= 11 is 0. The Labute approximate surface area is 160 Å². The SMILES string of the molecule is COc1ccc(CCNC(=O)C2Cc3ccccc3CN2)cc1OC.Cl. The number of methoxy groups -OCH3 is 2. The largest absolute Gasteiger partial charge is 0.493 e. The summed E-state index contributed by atoms with van der Waals surface area (Å²) in [4.78, 5) is 12.4. The van der Waals surface area contributed by atoms with Crippen molar-refractivity contribution in [2.24, 2.45) is 0 Å². The highest BCUT2D eigenvalue weighted by Crippen LogP contribution is 2.27. The van der Waals surface area contributed by atoms with Gasteiger partial charge in [0.1, 0.15) is 0 Å². The fraction of sp³-hybridized carbons (Fsp3) is 0.350. The molecule has 0 saturated carbocycles. The summed E-state index contributed by atoms with van der Waals surface area (Å²) in [6.45, 7) is 1.33. The molecule has 1 atom stereocenters. The van der Waals surface area contributed by atoms with Gasteiger partial charge in [-0.25, -0.2) is 0 Å². The van der Waals surface area contributed by atoms with Gasteiger partial charge in [-0.15, -0.1) is 12.4 Å². The first-order valence-electron chi connectivity index (χ1n) is 8.50. The second kappa shape index (κ2) is 9.46. The lowest BCUT2D eigenvalue weighted by Gasteiger charge is -2.25. The third-order valence-electron chi connectivity index (χ3n) is 4.56. The summed E-state index contributed by atoms with van der Waals surface area (Å²) in [6.07, 6.45) is 1.48. The first-order chi connectivity index (χ1) is 12.2. The van der Waals surface area contributed by atoms with Crippen LogP contribution in [0.2, 0.25) is 0 Å². The molecule has 6 heteroatoms. The number of hydrogen-bond donors (Lipinski definition) is 2. The third kappa shape index (κ3) is 4.68. The van der Waals surface area contributed by atoms with Crippen molar-refractivity contribution in [3.63, 3.8) is 0 Å². The van der Waals surface area contributed by atoms with Crippen molar-refractivity contribution in [3.05, 3.63) is 59.2 Å². The maximum Gasteiger partial charge on any atom is 0.237 e. The Morgan fingerprint density at radius 1 is 1.12 bits per heavy atom. The van der Waals surface area contributed by atoms with Gasteiger partial charge in [-0.1, -0.05) is 30.3 Å². The van der Waals surface area contributed by atoms with Crippen LogP contribution in [0.5, 0.6) is 11.5 Å². The molecular formula is C20H25ClN2O3. The summed E-state index contributed by atoms with van der Waals surface area (Å²) in [7, 11) is 3.24. The maximum atomic E-state index is 12.4. The molecule has 2 aromatic rings.